The molecule has 0 aliphatic carbocycles. The molecule has 9 N–H and O–H groups in total. The number of hydrogen-bond acceptors (Lipinski definition) is 2. The standard InChI is InChI=1S/C7H17N3.CH5N3/c1-2-3-4-5-6-10-7(8)9;2-1(3)4/h2-6H2,1H3,(H4,8,9,10);(H5,2,3,4). The van der Waals surface area contributed by atoms with E-state index in [-0.39, 0.29) is 11.9 Å². The lowest BCUT2D eigenvalue weighted by molar-refractivity contribution is 0.652. The molecule has 0 aromatic heterocycles. The highest BCUT2D eigenvalue weighted by Crippen LogP contribution is 1.96. The Morgan fingerprint density at radius 1 is 1.07 bits per heavy atom. The molecule has 0 aromatic carbocycles. The highest BCUT2D eigenvalue weighted by Gasteiger charge is 1.87. The summed E-state index contributed by atoms with van der Waals surface area (Å²) in [6.07, 6.45) is 4.88. The van der Waals surface area contributed by atoms with Gasteiger partial charge in [0.1, 0.15) is 0 Å². The summed E-state index contributed by atoms with van der Waals surface area (Å²) in [4.78, 5) is 0. The number of rotatable bonds is 5. The van der Waals surface area contributed by atoms with Crippen molar-refractivity contribution in [3.05, 3.63) is 0 Å². The second-order valence-electron chi connectivity index (χ2n) is 2.86. The lowest BCUT2D eigenvalue weighted by Gasteiger charge is -2.01. The summed E-state index contributed by atoms with van der Waals surface area (Å²) in [6, 6.07) is 0. The average Bonchev–Trinajstić information content (AvgIpc) is 2.02. The Bertz CT molecular complexity index is 152. The van der Waals surface area contributed by atoms with Crippen LogP contribution in [0, 0.1) is 10.8 Å². The first kappa shape index (κ1) is 15.0. The van der Waals surface area contributed by atoms with E-state index in [1.807, 2.05) is 0 Å². The van der Waals surface area contributed by atoms with E-state index in [4.69, 9.17) is 16.6 Å². The minimum atomic E-state index is -0.333. The van der Waals surface area contributed by atoms with Crippen LogP contribution in [-0.2, 0) is 0 Å². The Labute approximate surface area is 85.2 Å². The van der Waals surface area contributed by atoms with Gasteiger partial charge < -0.3 is 22.5 Å². The highest BCUT2D eigenvalue weighted by atomic mass is 15.0. The molecule has 0 bridgehead atoms. The maximum absolute atomic E-state index is 6.84. The van der Waals surface area contributed by atoms with Gasteiger partial charge in [0.05, 0.1) is 0 Å². The van der Waals surface area contributed by atoms with Crippen LogP contribution in [0.4, 0.5) is 0 Å². The molecule has 0 saturated carbocycles. The van der Waals surface area contributed by atoms with Gasteiger partial charge in [-0.1, -0.05) is 26.2 Å². The van der Waals surface area contributed by atoms with E-state index in [9.17, 15) is 0 Å². The van der Waals surface area contributed by atoms with Gasteiger partial charge in [-0.15, -0.1) is 0 Å². The Morgan fingerprint density at radius 2 is 1.57 bits per heavy atom. The minimum absolute atomic E-state index is 0.0801. The maximum Gasteiger partial charge on any atom is 0.185 e. The molecule has 0 aliphatic rings. The van der Waals surface area contributed by atoms with Crippen molar-refractivity contribution in [3.63, 3.8) is 0 Å². The zero-order chi connectivity index (χ0) is 11.4. The normalized spacial score (nSPS) is 8.36. The maximum atomic E-state index is 6.84. The van der Waals surface area contributed by atoms with Crippen LogP contribution in [0.25, 0.3) is 0 Å². The van der Waals surface area contributed by atoms with E-state index in [0.717, 1.165) is 13.0 Å². The third-order valence-corrected chi connectivity index (χ3v) is 1.35. The molecule has 0 unspecified atom stereocenters. The zero-order valence-electron chi connectivity index (χ0n) is 8.77. The predicted octanol–water partition coefficient (Wildman–Crippen LogP) is -0.112. The monoisotopic (exact) mass is 202 g/mol. The molecule has 14 heavy (non-hydrogen) atoms. The average molecular weight is 202 g/mol. The first-order valence-electron chi connectivity index (χ1n) is 4.68. The Hall–Kier alpha value is -1.46. The van der Waals surface area contributed by atoms with Crippen LogP contribution in [0.15, 0.2) is 0 Å². The Kier molecular flexibility index (Phi) is 12.4. The first-order chi connectivity index (χ1) is 6.50. The lowest BCUT2D eigenvalue weighted by Crippen LogP contribution is -2.30. The molecular weight excluding hydrogens is 180 g/mol. The smallest absolute Gasteiger partial charge is 0.185 e. The van der Waals surface area contributed by atoms with E-state index in [0.29, 0.717) is 0 Å². The highest BCUT2D eigenvalue weighted by molar-refractivity contribution is 5.74. The molecular formula is C8H22N6. The molecule has 0 rings (SSSR count). The topological polar surface area (TPSA) is 138 Å². The summed E-state index contributed by atoms with van der Waals surface area (Å²) in [5.41, 5.74) is 14.0. The second kappa shape index (κ2) is 11.5. The molecule has 6 nitrogen and oxygen atoms in total. The van der Waals surface area contributed by atoms with E-state index < -0.39 is 0 Å². The number of guanidine groups is 2. The van der Waals surface area contributed by atoms with Gasteiger partial charge in [-0.25, -0.2) is 0 Å². The van der Waals surface area contributed by atoms with E-state index >= 15 is 0 Å². The quantitative estimate of drug-likeness (QED) is 0.210. The van der Waals surface area contributed by atoms with Gasteiger partial charge in [-0.2, -0.15) is 0 Å². The van der Waals surface area contributed by atoms with Crippen LogP contribution in [0.1, 0.15) is 32.6 Å². The predicted molar refractivity (Wildman–Crippen MR) is 60.2 cm³/mol. The van der Waals surface area contributed by atoms with Crippen molar-refractivity contribution >= 4 is 11.9 Å². The van der Waals surface area contributed by atoms with Crippen LogP contribution >= 0.6 is 0 Å². The van der Waals surface area contributed by atoms with Gasteiger partial charge in [-0.05, 0) is 6.42 Å². The molecule has 0 atom stereocenters. The van der Waals surface area contributed by atoms with Gasteiger partial charge in [-0.3, -0.25) is 10.8 Å². The molecule has 0 radical (unpaired) electrons. The van der Waals surface area contributed by atoms with Gasteiger partial charge in [0.2, 0.25) is 0 Å². The minimum Gasteiger partial charge on any atom is -0.370 e. The van der Waals surface area contributed by atoms with Gasteiger partial charge in [0, 0.05) is 6.54 Å². The molecule has 6 heteroatoms. The van der Waals surface area contributed by atoms with E-state index in [1.165, 1.54) is 19.3 Å². The molecule has 0 aromatic rings. The zero-order valence-corrected chi connectivity index (χ0v) is 8.77. The van der Waals surface area contributed by atoms with E-state index in [1.54, 1.807) is 0 Å². The molecule has 0 aliphatic heterocycles. The van der Waals surface area contributed by atoms with Crippen molar-refractivity contribution in [2.24, 2.45) is 17.2 Å². The fourth-order valence-corrected chi connectivity index (χ4v) is 0.775. The Balaban J connectivity index is 0. The first-order valence-corrected chi connectivity index (χ1v) is 4.68. The van der Waals surface area contributed by atoms with Crippen LogP contribution in [-0.4, -0.2) is 18.5 Å². The fraction of sp³-hybridized carbons (Fsp3) is 0.750. The van der Waals surface area contributed by atoms with Crippen molar-refractivity contribution in [2.45, 2.75) is 32.6 Å². The van der Waals surface area contributed by atoms with E-state index in [2.05, 4.69) is 23.7 Å². The third kappa shape index (κ3) is 31.3. The van der Waals surface area contributed by atoms with Crippen molar-refractivity contribution in [3.8, 4) is 0 Å². The SMILES string of the molecule is CCCCCCNC(=N)N.N=C(N)N. The van der Waals surface area contributed by atoms with Crippen molar-refractivity contribution < 1.29 is 0 Å². The van der Waals surface area contributed by atoms with Crippen LogP contribution in [0.5, 0.6) is 0 Å². The van der Waals surface area contributed by atoms with Gasteiger partial charge in [0.25, 0.3) is 0 Å². The van der Waals surface area contributed by atoms with Crippen molar-refractivity contribution in [1.29, 1.82) is 10.8 Å². The summed E-state index contributed by atoms with van der Waals surface area (Å²) >= 11 is 0. The number of nitrogens with one attached hydrogen (secondary N) is 3. The van der Waals surface area contributed by atoms with Crippen molar-refractivity contribution in [1.82, 2.24) is 5.32 Å². The van der Waals surface area contributed by atoms with Crippen LogP contribution < -0.4 is 22.5 Å². The third-order valence-electron chi connectivity index (χ3n) is 1.35. The second-order valence-corrected chi connectivity index (χ2v) is 2.86. The molecule has 0 heterocycles. The van der Waals surface area contributed by atoms with Gasteiger partial charge in [0.15, 0.2) is 11.9 Å². The molecule has 0 amide bonds. The summed E-state index contributed by atoms with van der Waals surface area (Å²) in [7, 11) is 0. The van der Waals surface area contributed by atoms with Crippen molar-refractivity contribution in [2.75, 3.05) is 6.54 Å². The molecule has 0 fully saturated rings. The molecule has 84 valence electrons. The Morgan fingerprint density at radius 3 is 1.93 bits per heavy atom. The number of unbranched alkanes of at least 4 members (excludes halogenated alkanes) is 3. The summed E-state index contributed by atoms with van der Waals surface area (Å²) in [6.45, 7) is 3.02. The lowest BCUT2D eigenvalue weighted by atomic mass is 10.2. The van der Waals surface area contributed by atoms with Crippen LogP contribution in [0.2, 0.25) is 0 Å². The summed E-state index contributed by atoms with van der Waals surface area (Å²) in [5.74, 6) is -0.253. The molecule has 0 spiro atoms. The fourth-order valence-electron chi connectivity index (χ4n) is 0.775. The van der Waals surface area contributed by atoms with Gasteiger partial charge >= 0.3 is 0 Å². The number of hydrogen-bond donors (Lipinski definition) is 6. The number of nitrogens with two attached hydrogens (primary N) is 3. The largest absolute Gasteiger partial charge is 0.370 e. The van der Waals surface area contributed by atoms with Crippen LogP contribution in [0.3, 0.4) is 0 Å². The molecule has 0 saturated heterocycles. The summed E-state index contributed by atoms with van der Waals surface area (Å²) in [5, 5.41) is 15.7. The summed E-state index contributed by atoms with van der Waals surface area (Å²) < 4.78 is 0.